The van der Waals surface area contributed by atoms with E-state index in [2.05, 4.69) is 12.2 Å². The minimum absolute atomic E-state index is 0.217. The van der Waals surface area contributed by atoms with Crippen LogP contribution in [0.5, 0.6) is 0 Å². The summed E-state index contributed by atoms with van der Waals surface area (Å²) in [5.74, 6) is -0.992. The molecular formula is C14H20N2O4S. The first kappa shape index (κ1) is 15.8. The fraction of sp³-hybridized carbons (Fsp3) is 0.571. The molecule has 2 rings (SSSR count). The molecular weight excluding hydrogens is 292 g/mol. The number of methoxy groups -OCH3 is 1. The average molecular weight is 312 g/mol. The minimum atomic E-state index is -0.992. The van der Waals surface area contributed by atoms with E-state index >= 15 is 0 Å². The van der Waals surface area contributed by atoms with Crippen molar-refractivity contribution in [3.8, 4) is 0 Å². The molecule has 1 aliphatic rings. The van der Waals surface area contributed by atoms with Crippen LogP contribution in [0.4, 0.5) is 4.79 Å². The molecule has 1 aliphatic heterocycles. The lowest BCUT2D eigenvalue weighted by Gasteiger charge is -2.21. The highest BCUT2D eigenvalue weighted by molar-refractivity contribution is 7.11. The van der Waals surface area contributed by atoms with Gasteiger partial charge in [-0.15, -0.1) is 11.3 Å². The van der Waals surface area contributed by atoms with Crippen molar-refractivity contribution in [2.45, 2.75) is 38.5 Å². The van der Waals surface area contributed by atoms with Crippen LogP contribution in [0.25, 0.3) is 0 Å². The minimum Gasteiger partial charge on any atom is -0.480 e. The first-order valence-electron chi connectivity index (χ1n) is 6.92. The Morgan fingerprint density at radius 3 is 2.76 bits per heavy atom. The first-order valence-corrected chi connectivity index (χ1v) is 7.74. The van der Waals surface area contributed by atoms with Crippen LogP contribution >= 0.6 is 11.3 Å². The SMILES string of the molecule is CCc1ccc(CNC(=O)N2CC(OC)CC2C(=O)O)s1. The predicted molar refractivity (Wildman–Crippen MR) is 79.5 cm³/mol. The van der Waals surface area contributed by atoms with Gasteiger partial charge in [-0.25, -0.2) is 9.59 Å². The summed E-state index contributed by atoms with van der Waals surface area (Å²) >= 11 is 1.66. The van der Waals surface area contributed by atoms with Crippen molar-refractivity contribution in [1.29, 1.82) is 0 Å². The van der Waals surface area contributed by atoms with Gasteiger partial charge in [-0.2, -0.15) is 0 Å². The van der Waals surface area contributed by atoms with E-state index in [1.165, 1.54) is 16.9 Å². The molecule has 2 atom stereocenters. The van der Waals surface area contributed by atoms with E-state index in [0.29, 0.717) is 19.5 Å². The maximum Gasteiger partial charge on any atom is 0.326 e. The second-order valence-corrected chi connectivity index (χ2v) is 6.23. The van der Waals surface area contributed by atoms with Crippen molar-refractivity contribution < 1.29 is 19.4 Å². The number of nitrogens with zero attached hydrogens (tertiary/aromatic N) is 1. The number of carboxylic acid groups (broad SMARTS) is 1. The summed E-state index contributed by atoms with van der Waals surface area (Å²) in [6.45, 7) is 2.81. The second kappa shape index (κ2) is 6.91. The van der Waals surface area contributed by atoms with Crippen molar-refractivity contribution in [2.24, 2.45) is 0 Å². The molecule has 1 saturated heterocycles. The van der Waals surface area contributed by atoms with Crippen molar-refractivity contribution in [2.75, 3.05) is 13.7 Å². The van der Waals surface area contributed by atoms with Crippen LogP contribution in [0.15, 0.2) is 12.1 Å². The van der Waals surface area contributed by atoms with E-state index in [-0.39, 0.29) is 12.1 Å². The van der Waals surface area contributed by atoms with Gasteiger partial charge in [0.1, 0.15) is 6.04 Å². The van der Waals surface area contributed by atoms with Crippen LogP contribution in [-0.2, 0) is 22.5 Å². The largest absolute Gasteiger partial charge is 0.480 e. The Kier molecular flexibility index (Phi) is 5.19. The molecule has 0 aliphatic carbocycles. The summed E-state index contributed by atoms with van der Waals surface area (Å²) in [6, 6.07) is 2.86. The normalized spacial score (nSPS) is 21.5. The molecule has 6 nitrogen and oxygen atoms in total. The number of thiophene rings is 1. The monoisotopic (exact) mass is 312 g/mol. The van der Waals surface area contributed by atoms with E-state index < -0.39 is 12.0 Å². The van der Waals surface area contributed by atoms with Gasteiger partial charge in [0, 0.05) is 29.8 Å². The number of carbonyl (C=O) groups excluding carboxylic acids is 1. The smallest absolute Gasteiger partial charge is 0.326 e. The fourth-order valence-corrected chi connectivity index (χ4v) is 3.30. The van der Waals surface area contributed by atoms with Crippen molar-refractivity contribution in [3.05, 3.63) is 21.9 Å². The molecule has 116 valence electrons. The number of carbonyl (C=O) groups is 2. The molecule has 0 bridgehead atoms. The highest BCUT2D eigenvalue weighted by atomic mass is 32.1. The van der Waals surface area contributed by atoms with Gasteiger partial charge >= 0.3 is 12.0 Å². The van der Waals surface area contributed by atoms with Crippen LogP contribution in [-0.4, -0.2) is 47.8 Å². The quantitative estimate of drug-likeness (QED) is 0.867. The number of likely N-dealkylation sites (tertiary alicyclic amines) is 1. The zero-order chi connectivity index (χ0) is 15.4. The summed E-state index contributed by atoms with van der Waals surface area (Å²) in [4.78, 5) is 27.1. The van der Waals surface area contributed by atoms with Crippen LogP contribution in [0.3, 0.4) is 0 Å². The first-order chi connectivity index (χ1) is 10.0. The maximum atomic E-state index is 12.2. The molecule has 1 aromatic heterocycles. The highest BCUT2D eigenvalue weighted by Crippen LogP contribution is 2.21. The molecule has 1 fully saturated rings. The Morgan fingerprint density at radius 1 is 1.48 bits per heavy atom. The Morgan fingerprint density at radius 2 is 2.19 bits per heavy atom. The summed E-state index contributed by atoms with van der Waals surface area (Å²) in [7, 11) is 1.53. The zero-order valence-corrected chi connectivity index (χ0v) is 13.0. The molecule has 7 heteroatoms. The number of carboxylic acids is 1. The van der Waals surface area contributed by atoms with Gasteiger partial charge in [0.2, 0.25) is 0 Å². The highest BCUT2D eigenvalue weighted by Gasteiger charge is 2.39. The fourth-order valence-electron chi connectivity index (χ4n) is 2.40. The van der Waals surface area contributed by atoms with Crippen molar-refractivity contribution >= 4 is 23.3 Å². The molecule has 1 aromatic rings. The number of aliphatic carboxylic acids is 1. The van der Waals surface area contributed by atoms with Crippen LogP contribution in [0, 0.1) is 0 Å². The summed E-state index contributed by atoms with van der Waals surface area (Å²) in [5.41, 5.74) is 0. The number of hydrogen-bond donors (Lipinski definition) is 2. The number of rotatable bonds is 5. The molecule has 0 aromatic carbocycles. The van der Waals surface area contributed by atoms with Crippen molar-refractivity contribution in [1.82, 2.24) is 10.2 Å². The molecule has 0 saturated carbocycles. The predicted octanol–water partition coefficient (Wildman–Crippen LogP) is 1.69. The van der Waals surface area contributed by atoms with E-state index in [1.807, 2.05) is 12.1 Å². The Hall–Kier alpha value is -1.60. The van der Waals surface area contributed by atoms with Crippen LogP contribution in [0.1, 0.15) is 23.1 Å². The van der Waals surface area contributed by atoms with E-state index in [0.717, 1.165) is 11.3 Å². The third kappa shape index (κ3) is 3.74. The molecule has 0 spiro atoms. The topological polar surface area (TPSA) is 78.9 Å². The lowest BCUT2D eigenvalue weighted by Crippen LogP contribution is -2.45. The Balaban J connectivity index is 1.93. The molecule has 21 heavy (non-hydrogen) atoms. The molecule has 2 unspecified atom stereocenters. The maximum absolute atomic E-state index is 12.2. The van der Waals surface area contributed by atoms with Gasteiger partial charge in [-0.05, 0) is 18.6 Å². The third-order valence-electron chi connectivity index (χ3n) is 3.62. The zero-order valence-electron chi connectivity index (χ0n) is 12.2. The van der Waals surface area contributed by atoms with Crippen LogP contribution in [0.2, 0.25) is 0 Å². The number of aryl methyl sites for hydroxylation is 1. The summed E-state index contributed by atoms with van der Waals surface area (Å²) in [5, 5.41) is 12.0. The van der Waals surface area contributed by atoms with Gasteiger partial charge in [0.15, 0.2) is 0 Å². The number of hydrogen-bond acceptors (Lipinski definition) is 4. The molecule has 2 N–H and O–H groups in total. The van der Waals surface area contributed by atoms with Gasteiger partial charge in [-0.1, -0.05) is 6.92 Å². The Labute approximate surface area is 127 Å². The standard InChI is InChI=1S/C14H20N2O4S/c1-3-10-4-5-11(21-10)7-15-14(19)16-8-9(20-2)6-12(16)13(17)18/h4-5,9,12H,3,6-8H2,1-2H3,(H,15,19)(H,17,18). The lowest BCUT2D eigenvalue weighted by atomic mass is 10.2. The van der Waals surface area contributed by atoms with Gasteiger partial charge < -0.3 is 20.1 Å². The molecule has 2 heterocycles. The van der Waals surface area contributed by atoms with E-state index in [9.17, 15) is 14.7 Å². The van der Waals surface area contributed by atoms with Crippen molar-refractivity contribution in [3.63, 3.8) is 0 Å². The van der Waals surface area contributed by atoms with Gasteiger partial charge in [0.25, 0.3) is 0 Å². The van der Waals surface area contributed by atoms with Gasteiger partial charge in [-0.3, -0.25) is 0 Å². The average Bonchev–Trinajstić information content (AvgIpc) is 3.11. The Bertz CT molecular complexity index is 517. The van der Waals surface area contributed by atoms with Gasteiger partial charge in [0.05, 0.1) is 12.6 Å². The summed E-state index contributed by atoms with van der Waals surface area (Å²) < 4.78 is 5.17. The number of nitrogens with one attached hydrogen (secondary N) is 1. The third-order valence-corrected chi connectivity index (χ3v) is 4.85. The lowest BCUT2D eigenvalue weighted by molar-refractivity contribution is -0.141. The number of ether oxygens (including phenoxy) is 1. The second-order valence-electron chi connectivity index (χ2n) is 4.98. The van der Waals surface area contributed by atoms with Crippen LogP contribution < -0.4 is 5.32 Å². The van der Waals surface area contributed by atoms with E-state index in [1.54, 1.807) is 11.3 Å². The van der Waals surface area contributed by atoms with E-state index in [4.69, 9.17) is 4.74 Å². The molecule has 2 amide bonds. The molecule has 0 radical (unpaired) electrons. The number of amides is 2. The number of urea groups is 1. The summed E-state index contributed by atoms with van der Waals surface area (Å²) in [6.07, 6.45) is 1.09.